The van der Waals surface area contributed by atoms with Gasteiger partial charge in [0.2, 0.25) is 0 Å². The van der Waals surface area contributed by atoms with Gasteiger partial charge in [-0.2, -0.15) is 0 Å². The van der Waals surface area contributed by atoms with Gasteiger partial charge in [-0.1, -0.05) is 17.3 Å². The van der Waals surface area contributed by atoms with E-state index in [0.29, 0.717) is 23.7 Å². The lowest BCUT2D eigenvalue weighted by atomic mass is 10.1. The summed E-state index contributed by atoms with van der Waals surface area (Å²) in [4.78, 5) is 12.7. The zero-order valence-corrected chi connectivity index (χ0v) is 17.6. The minimum absolute atomic E-state index is 0.167. The van der Waals surface area contributed by atoms with E-state index in [1.807, 2.05) is 36.4 Å². The predicted molar refractivity (Wildman–Crippen MR) is 111 cm³/mol. The van der Waals surface area contributed by atoms with Crippen LogP contribution in [0.4, 0.5) is 0 Å². The molecule has 1 amide bonds. The number of benzene rings is 2. The van der Waals surface area contributed by atoms with E-state index in [0.717, 1.165) is 16.9 Å². The van der Waals surface area contributed by atoms with Crippen molar-refractivity contribution in [3.8, 4) is 17.2 Å². The summed E-state index contributed by atoms with van der Waals surface area (Å²) >= 11 is 0. The molecule has 9 heteroatoms. The van der Waals surface area contributed by atoms with Crippen LogP contribution in [0.15, 0.2) is 42.5 Å². The van der Waals surface area contributed by atoms with Crippen molar-refractivity contribution in [2.45, 2.75) is 25.8 Å². The van der Waals surface area contributed by atoms with Crippen LogP contribution >= 0.6 is 0 Å². The molecule has 1 aliphatic heterocycles. The van der Waals surface area contributed by atoms with Crippen molar-refractivity contribution in [2.75, 3.05) is 21.3 Å². The molecule has 0 saturated heterocycles. The lowest BCUT2D eigenvalue weighted by molar-refractivity contribution is -0.00179. The maximum atomic E-state index is 12.7. The molecule has 0 unspecified atom stereocenters. The number of aromatic nitrogens is 3. The Labute approximate surface area is 179 Å². The molecule has 162 valence electrons. The Morgan fingerprint density at radius 1 is 1.10 bits per heavy atom. The molecule has 1 aromatic heterocycles. The first-order valence-electron chi connectivity index (χ1n) is 9.80. The maximum absolute atomic E-state index is 12.7. The molecule has 0 aliphatic carbocycles. The zero-order valence-electron chi connectivity index (χ0n) is 17.6. The highest BCUT2D eigenvalue weighted by atomic mass is 16.5. The van der Waals surface area contributed by atoms with Crippen molar-refractivity contribution in [1.82, 2.24) is 20.3 Å². The van der Waals surface area contributed by atoms with Crippen molar-refractivity contribution < 1.29 is 23.7 Å². The molecule has 0 saturated carbocycles. The second-order valence-corrected chi connectivity index (χ2v) is 7.00. The monoisotopic (exact) mass is 424 g/mol. The molecule has 1 atom stereocenters. The number of amides is 1. The lowest BCUT2D eigenvalue weighted by Crippen LogP contribution is -2.27. The summed E-state index contributed by atoms with van der Waals surface area (Å²) < 4.78 is 23.5. The molecule has 9 nitrogen and oxygen atoms in total. The van der Waals surface area contributed by atoms with E-state index in [4.69, 9.17) is 18.9 Å². The highest BCUT2D eigenvalue weighted by molar-refractivity contribution is 5.93. The molecule has 0 radical (unpaired) electrons. The number of carbonyl (C=O) groups is 1. The van der Waals surface area contributed by atoms with Crippen molar-refractivity contribution >= 4 is 5.91 Å². The number of ether oxygens (including phenoxy) is 4. The number of nitrogens with zero attached hydrogens (tertiary/aromatic N) is 3. The standard InChI is InChI=1S/C22H24N4O5/c1-28-16-7-4-14(5-8-16)20-12-26-18(13-31-20)21(24-25-26)22(27)23-11-15-6-9-17(29-2)10-19(15)30-3/h4-10,20H,11-13H2,1-3H3,(H,23,27)/t20-/m1/s1. The zero-order chi connectivity index (χ0) is 21.8. The number of hydrogen-bond acceptors (Lipinski definition) is 7. The van der Waals surface area contributed by atoms with E-state index in [9.17, 15) is 4.79 Å². The van der Waals surface area contributed by atoms with Crippen LogP contribution in [0.2, 0.25) is 0 Å². The third kappa shape index (κ3) is 4.31. The summed E-state index contributed by atoms with van der Waals surface area (Å²) in [6.07, 6.45) is -0.167. The Morgan fingerprint density at radius 2 is 1.84 bits per heavy atom. The fraction of sp³-hybridized carbons (Fsp3) is 0.318. The van der Waals surface area contributed by atoms with Gasteiger partial charge in [-0.05, 0) is 29.8 Å². The molecule has 31 heavy (non-hydrogen) atoms. The Morgan fingerprint density at radius 3 is 2.55 bits per heavy atom. The van der Waals surface area contributed by atoms with E-state index in [-0.39, 0.29) is 30.9 Å². The molecule has 2 heterocycles. The first-order valence-corrected chi connectivity index (χ1v) is 9.80. The van der Waals surface area contributed by atoms with Gasteiger partial charge >= 0.3 is 0 Å². The minimum atomic E-state index is -0.314. The van der Waals surface area contributed by atoms with E-state index >= 15 is 0 Å². The normalized spacial score (nSPS) is 15.1. The van der Waals surface area contributed by atoms with Crippen molar-refractivity contribution in [2.24, 2.45) is 0 Å². The van der Waals surface area contributed by atoms with Crippen LogP contribution in [0.1, 0.15) is 33.4 Å². The molecule has 2 aromatic carbocycles. The quantitative estimate of drug-likeness (QED) is 0.622. The summed E-state index contributed by atoms with van der Waals surface area (Å²) in [5.41, 5.74) is 2.76. The number of nitrogens with one attached hydrogen (secondary N) is 1. The molecule has 4 rings (SSSR count). The molecule has 0 spiro atoms. The SMILES string of the molecule is COc1ccc([C@H]2Cn3nnc(C(=O)NCc4ccc(OC)cc4OC)c3CO2)cc1. The topological polar surface area (TPSA) is 96.7 Å². The van der Waals surface area contributed by atoms with E-state index in [1.54, 1.807) is 32.1 Å². The molecular formula is C22H24N4O5. The Hall–Kier alpha value is -3.59. The molecule has 1 N–H and O–H groups in total. The first kappa shape index (κ1) is 20.7. The van der Waals surface area contributed by atoms with Gasteiger partial charge in [0.25, 0.3) is 5.91 Å². The predicted octanol–water partition coefficient (Wildman–Crippen LogP) is 2.51. The van der Waals surface area contributed by atoms with E-state index in [1.165, 1.54) is 0 Å². The van der Waals surface area contributed by atoms with Crippen LogP contribution in [0.25, 0.3) is 0 Å². The Bertz CT molecular complexity index is 1060. The van der Waals surface area contributed by atoms with Crippen LogP contribution in [-0.4, -0.2) is 42.2 Å². The van der Waals surface area contributed by atoms with E-state index in [2.05, 4.69) is 15.6 Å². The summed E-state index contributed by atoms with van der Waals surface area (Å²) in [6.45, 7) is 1.01. The van der Waals surface area contributed by atoms with Crippen LogP contribution in [-0.2, 0) is 24.4 Å². The average Bonchev–Trinajstić information content (AvgIpc) is 3.26. The van der Waals surface area contributed by atoms with Gasteiger partial charge in [-0.3, -0.25) is 4.79 Å². The highest BCUT2D eigenvalue weighted by Gasteiger charge is 2.27. The largest absolute Gasteiger partial charge is 0.497 e. The van der Waals surface area contributed by atoms with Gasteiger partial charge in [0.15, 0.2) is 5.69 Å². The number of carbonyl (C=O) groups excluding carboxylic acids is 1. The average molecular weight is 424 g/mol. The van der Waals surface area contributed by atoms with Gasteiger partial charge in [0.05, 0.1) is 40.2 Å². The molecule has 0 fully saturated rings. The number of methoxy groups -OCH3 is 3. The molecular weight excluding hydrogens is 400 g/mol. The van der Waals surface area contributed by atoms with Crippen LogP contribution in [0.5, 0.6) is 17.2 Å². The molecule has 1 aliphatic rings. The highest BCUT2D eigenvalue weighted by Crippen LogP contribution is 2.28. The number of fused-ring (bicyclic) bond motifs is 1. The summed E-state index contributed by atoms with van der Waals surface area (Å²) in [5.74, 6) is 1.79. The second kappa shape index (κ2) is 9.05. The molecule has 3 aromatic rings. The lowest BCUT2D eigenvalue weighted by Gasteiger charge is -2.24. The summed E-state index contributed by atoms with van der Waals surface area (Å²) in [5, 5.41) is 11.1. The fourth-order valence-electron chi connectivity index (χ4n) is 3.47. The molecule has 0 bridgehead atoms. The summed E-state index contributed by atoms with van der Waals surface area (Å²) in [7, 11) is 4.80. The van der Waals surface area contributed by atoms with Crippen LogP contribution in [0, 0.1) is 0 Å². The minimum Gasteiger partial charge on any atom is -0.497 e. The first-order chi connectivity index (χ1) is 15.1. The van der Waals surface area contributed by atoms with Crippen LogP contribution in [0.3, 0.4) is 0 Å². The second-order valence-electron chi connectivity index (χ2n) is 7.00. The number of hydrogen-bond donors (Lipinski definition) is 1. The van der Waals surface area contributed by atoms with Crippen LogP contribution < -0.4 is 19.5 Å². The number of rotatable bonds is 7. The Kier molecular flexibility index (Phi) is 6.03. The fourth-order valence-corrected chi connectivity index (χ4v) is 3.47. The van der Waals surface area contributed by atoms with Gasteiger partial charge in [0.1, 0.15) is 23.4 Å². The third-order valence-electron chi connectivity index (χ3n) is 5.23. The van der Waals surface area contributed by atoms with Crippen molar-refractivity contribution in [3.05, 3.63) is 65.0 Å². The van der Waals surface area contributed by atoms with Gasteiger partial charge in [-0.25, -0.2) is 4.68 Å². The Balaban J connectivity index is 1.43. The van der Waals surface area contributed by atoms with Crippen molar-refractivity contribution in [3.63, 3.8) is 0 Å². The van der Waals surface area contributed by atoms with Gasteiger partial charge in [-0.15, -0.1) is 5.10 Å². The smallest absolute Gasteiger partial charge is 0.274 e. The van der Waals surface area contributed by atoms with Gasteiger partial charge < -0.3 is 24.3 Å². The summed E-state index contributed by atoms with van der Waals surface area (Å²) in [6, 6.07) is 13.1. The maximum Gasteiger partial charge on any atom is 0.274 e. The van der Waals surface area contributed by atoms with Gasteiger partial charge in [0, 0.05) is 18.2 Å². The van der Waals surface area contributed by atoms with E-state index < -0.39 is 0 Å². The van der Waals surface area contributed by atoms with Crippen molar-refractivity contribution in [1.29, 1.82) is 0 Å². The third-order valence-corrected chi connectivity index (χ3v) is 5.23.